The van der Waals surface area contributed by atoms with Crippen LogP contribution >= 0.6 is 11.6 Å². The van der Waals surface area contributed by atoms with E-state index in [-0.39, 0.29) is 18.1 Å². The first kappa shape index (κ1) is 12.9. The Balaban J connectivity index is 2.97. The van der Waals surface area contributed by atoms with Crippen molar-refractivity contribution in [2.75, 3.05) is 6.61 Å². The van der Waals surface area contributed by atoms with E-state index in [2.05, 4.69) is 11.8 Å². The maximum absolute atomic E-state index is 12.3. The highest BCUT2D eigenvalue weighted by atomic mass is 35.5. The molecule has 0 fully saturated rings. The van der Waals surface area contributed by atoms with Crippen LogP contribution in [0.25, 0.3) is 0 Å². The molecule has 1 aromatic rings. The van der Waals surface area contributed by atoms with Gasteiger partial charge >= 0.3 is 6.18 Å². The number of aliphatic hydroxyl groups excluding tert-OH is 1. The van der Waals surface area contributed by atoms with Crippen LogP contribution in [0.1, 0.15) is 17.5 Å². The monoisotopic (exact) mass is 248 g/mol. The predicted molar refractivity (Wildman–Crippen MR) is 55.0 cm³/mol. The lowest BCUT2D eigenvalue weighted by Crippen LogP contribution is -2.05. The summed E-state index contributed by atoms with van der Waals surface area (Å²) in [7, 11) is 0. The van der Waals surface area contributed by atoms with E-state index in [9.17, 15) is 13.2 Å². The molecule has 1 N–H and O–H groups in total. The molecule has 0 radical (unpaired) electrons. The Bertz CT molecular complexity index is 429. The summed E-state index contributed by atoms with van der Waals surface area (Å²) in [5.41, 5.74) is -0.478. The molecule has 1 rings (SSSR count). The lowest BCUT2D eigenvalue weighted by atomic mass is 10.1. The number of alkyl halides is 3. The average molecular weight is 249 g/mol. The molecular weight excluding hydrogens is 241 g/mol. The van der Waals surface area contributed by atoms with Gasteiger partial charge in [-0.2, -0.15) is 13.2 Å². The minimum atomic E-state index is -4.45. The molecule has 1 nitrogen and oxygen atoms in total. The minimum Gasteiger partial charge on any atom is -0.395 e. The third-order valence-electron chi connectivity index (χ3n) is 1.74. The molecule has 0 aliphatic heterocycles. The van der Waals surface area contributed by atoms with Crippen LogP contribution in [0.15, 0.2) is 18.2 Å². The molecule has 0 saturated carbocycles. The minimum absolute atomic E-state index is 0.0820. The van der Waals surface area contributed by atoms with Crippen LogP contribution in [0.2, 0.25) is 5.02 Å². The first-order valence-electron chi connectivity index (χ1n) is 4.41. The van der Waals surface area contributed by atoms with Gasteiger partial charge in [-0.1, -0.05) is 23.4 Å². The first-order valence-corrected chi connectivity index (χ1v) is 4.79. The molecule has 1 aromatic carbocycles. The van der Waals surface area contributed by atoms with Crippen LogP contribution in [0.3, 0.4) is 0 Å². The number of halogens is 4. The van der Waals surface area contributed by atoms with E-state index < -0.39 is 11.7 Å². The fourth-order valence-electron chi connectivity index (χ4n) is 1.04. The van der Waals surface area contributed by atoms with Crippen molar-refractivity contribution in [2.45, 2.75) is 12.6 Å². The molecule has 5 heteroatoms. The highest BCUT2D eigenvalue weighted by Gasteiger charge is 2.32. The van der Waals surface area contributed by atoms with Gasteiger partial charge in [-0.05, 0) is 18.2 Å². The number of hydrogen-bond acceptors (Lipinski definition) is 1. The Hall–Kier alpha value is -1.18. The van der Waals surface area contributed by atoms with Gasteiger partial charge in [0, 0.05) is 12.0 Å². The Labute approximate surface area is 95.8 Å². The number of rotatable bonds is 1. The van der Waals surface area contributed by atoms with Crippen molar-refractivity contribution in [1.82, 2.24) is 0 Å². The summed E-state index contributed by atoms with van der Waals surface area (Å²) in [6.07, 6.45) is -4.17. The largest absolute Gasteiger partial charge is 0.417 e. The maximum Gasteiger partial charge on any atom is 0.417 e. The van der Waals surface area contributed by atoms with E-state index in [4.69, 9.17) is 16.7 Å². The van der Waals surface area contributed by atoms with E-state index >= 15 is 0 Å². The van der Waals surface area contributed by atoms with Gasteiger partial charge in [0.1, 0.15) is 0 Å². The van der Waals surface area contributed by atoms with Crippen LogP contribution in [0.5, 0.6) is 0 Å². The van der Waals surface area contributed by atoms with Crippen molar-refractivity contribution >= 4 is 11.6 Å². The summed E-state index contributed by atoms with van der Waals surface area (Å²) in [5.74, 6) is 5.20. The van der Waals surface area contributed by atoms with Crippen molar-refractivity contribution in [3.63, 3.8) is 0 Å². The molecule has 0 unspecified atom stereocenters. The Morgan fingerprint density at radius 2 is 2.00 bits per heavy atom. The topological polar surface area (TPSA) is 20.2 Å². The Morgan fingerprint density at radius 3 is 2.50 bits per heavy atom. The Morgan fingerprint density at radius 1 is 1.31 bits per heavy atom. The van der Waals surface area contributed by atoms with Crippen LogP contribution in [-0.4, -0.2) is 11.7 Å². The van der Waals surface area contributed by atoms with Crippen LogP contribution in [-0.2, 0) is 6.18 Å². The first-order chi connectivity index (χ1) is 7.45. The predicted octanol–water partition coefficient (Wildman–Crippen LogP) is 3.09. The van der Waals surface area contributed by atoms with Gasteiger partial charge in [0.05, 0.1) is 17.2 Å². The highest BCUT2D eigenvalue weighted by molar-refractivity contribution is 6.31. The second kappa shape index (κ2) is 5.24. The van der Waals surface area contributed by atoms with E-state index in [0.29, 0.717) is 5.56 Å². The summed E-state index contributed by atoms with van der Waals surface area (Å²) in [5, 5.41) is 8.10. The molecule has 0 aliphatic rings. The van der Waals surface area contributed by atoms with E-state index in [1.165, 1.54) is 6.07 Å². The average Bonchev–Trinajstić information content (AvgIpc) is 2.16. The summed E-state index contributed by atoms with van der Waals surface area (Å²) in [6, 6.07) is 3.30. The quantitative estimate of drug-likeness (QED) is 0.758. The molecule has 86 valence electrons. The van der Waals surface area contributed by atoms with Gasteiger partial charge in [0.25, 0.3) is 0 Å². The molecule has 0 aliphatic carbocycles. The summed E-state index contributed by atoms with van der Waals surface area (Å²) in [6.45, 7) is -0.0820. The molecule has 0 amide bonds. The fraction of sp³-hybridized carbons (Fsp3) is 0.273. The zero-order valence-corrected chi connectivity index (χ0v) is 8.86. The van der Waals surface area contributed by atoms with Crippen molar-refractivity contribution in [1.29, 1.82) is 0 Å². The molecule has 16 heavy (non-hydrogen) atoms. The SMILES string of the molecule is OCCC#Cc1ccc(C(F)(F)F)c(Cl)c1. The van der Waals surface area contributed by atoms with Crippen LogP contribution < -0.4 is 0 Å². The molecule has 0 heterocycles. The highest BCUT2D eigenvalue weighted by Crippen LogP contribution is 2.34. The van der Waals surface area contributed by atoms with Gasteiger partial charge in [-0.15, -0.1) is 0 Å². The standard InChI is InChI=1S/C11H8ClF3O/c12-10-7-8(3-1-2-6-16)4-5-9(10)11(13,14)15/h4-5,7,16H,2,6H2. The van der Waals surface area contributed by atoms with E-state index in [1.54, 1.807) is 0 Å². The zero-order chi connectivity index (χ0) is 12.2. The fourth-order valence-corrected chi connectivity index (χ4v) is 1.33. The van der Waals surface area contributed by atoms with Gasteiger partial charge in [-0.3, -0.25) is 0 Å². The van der Waals surface area contributed by atoms with Crippen LogP contribution in [0, 0.1) is 11.8 Å². The number of hydrogen-bond donors (Lipinski definition) is 1. The van der Waals surface area contributed by atoms with Crippen molar-refractivity contribution in [3.05, 3.63) is 34.3 Å². The molecular formula is C11H8ClF3O. The molecule has 0 aromatic heterocycles. The molecule has 0 atom stereocenters. The van der Waals surface area contributed by atoms with Crippen molar-refractivity contribution in [2.24, 2.45) is 0 Å². The smallest absolute Gasteiger partial charge is 0.395 e. The summed E-state index contributed by atoms with van der Waals surface area (Å²) >= 11 is 5.49. The lowest BCUT2D eigenvalue weighted by molar-refractivity contribution is -0.137. The van der Waals surface area contributed by atoms with Crippen molar-refractivity contribution in [3.8, 4) is 11.8 Å². The molecule has 0 spiro atoms. The summed E-state index contributed by atoms with van der Waals surface area (Å²) in [4.78, 5) is 0. The third-order valence-corrected chi connectivity index (χ3v) is 2.06. The third kappa shape index (κ3) is 3.44. The Kier molecular flexibility index (Phi) is 4.22. The van der Waals surface area contributed by atoms with Gasteiger partial charge in [-0.25, -0.2) is 0 Å². The summed E-state index contributed by atoms with van der Waals surface area (Å²) < 4.78 is 37.0. The maximum atomic E-state index is 12.3. The van der Waals surface area contributed by atoms with Gasteiger partial charge in [0.2, 0.25) is 0 Å². The number of benzene rings is 1. The van der Waals surface area contributed by atoms with E-state index in [1.807, 2.05) is 0 Å². The van der Waals surface area contributed by atoms with Crippen LogP contribution in [0.4, 0.5) is 13.2 Å². The molecule has 0 saturated heterocycles. The molecule has 0 bridgehead atoms. The second-order valence-corrected chi connectivity index (χ2v) is 3.37. The van der Waals surface area contributed by atoms with Gasteiger partial charge < -0.3 is 5.11 Å². The van der Waals surface area contributed by atoms with Crippen molar-refractivity contribution < 1.29 is 18.3 Å². The normalized spacial score (nSPS) is 10.8. The van der Waals surface area contributed by atoms with Gasteiger partial charge in [0.15, 0.2) is 0 Å². The second-order valence-electron chi connectivity index (χ2n) is 2.97. The number of aliphatic hydroxyl groups is 1. The lowest BCUT2D eigenvalue weighted by Gasteiger charge is -2.08. The van der Waals surface area contributed by atoms with E-state index in [0.717, 1.165) is 12.1 Å². The zero-order valence-electron chi connectivity index (χ0n) is 8.11.